The van der Waals surface area contributed by atoms with Gasteiger partial charge in [-0.1, -0.05) is 42.4 Å². The maximum Gasteiger partial charge on any atom is 0.164 e. The van der Waals surface area contributed by atoms with Crippen molar-refractivity contribution < 1.29 is 4.84 Å². The van der Waals surface area contributed by atoms with Crippen molar-refractivity contribution in [1.82, 2.24) is 0 Å². The number of dihydropyridines is 1. The molecule has 110 valence electrons. The Morgan fingerprint density at radius 1 is 1.14 bits per heavy atom. The molecule has 3 aliphatic rings. The van der Waals surface area contributed by atoms with Crippen molar-refractivity contribution in [2.45, 2.75) is 20.3 Å². The van der Waals surface area contributed by atoms with Crippen LogP contribution in [0.25, 0.3) is 5.57 Å². The van der Waals surface area contributed by atoms with Crippen LogP contribution in [0.15, 0.2) is 50.7 Å². The van der Waals surface area contributed by atoms with E-state index in [1.165, 1.54) is 0 Å². The van der Waals surface area contributed by atoms with Gasteiger partial charge in [0.1, 0.15) is 18.0 Å². The number of rotatable bonds is 3. The highest BCUT2D eigenvalue weighted by molar-refractivity contribution is 6.68. The number of aliphatic imine (C=N–C) groups is 1. The van der Waals surface area contributed by atoms with Crippen LogP contribution < -0.4 is 0 Å². The minimum Gasteiger partial charge on any atom is -0.396 e. The summed E-state index contributed by atoms with van der Waals surface area (Å²) >= 11 is 0. The zero-order valence-electron chi connectivity index (χ0n) is 12.6. The lowest BCUT2D eigenvalue weighted by Gasteiger charge is -2.15. The molecule has 4 rings (SSSR count). The Morgan fingerprint density at radius 2 is 1.95 bits per heavy atom. The van der Waals surface area contributed by atoms with Gasteiger partial charge in [0.2, 0.25) is 0 Å². The fourth-order valence-corrected chi connectivity index (χ4v) is 3.03. The molecule has 0 amide bonds. The molecule has 1 aliphatic carbocycles. The zero-order valence-corrected chi connectivity index (χ0v) is 12.6. The van der Waals surface area contributed by atoms with Crippen LogP contribution in [0, 0.1) is 5.92 Å². The predicted molar refractivity (Wildman–Crippen MR) is 88.7 cm³/mol. The van der Waals surface area contributed by atoms with Crippen molar-refractivity contribution >= 4 is 28.5 Å². The molecule has 2 heterocycles. The van der Waals surface area contributed by atoms with Crippen molar-refractivity contribution in [2.24, 2.45) is 26.3 Å². The van der Waals surface area contributed by atoms with E-state index in [4.69, 9.17) is 9.83 Å². The van der Waals surface area contributed by atoms with Crippen LogP contribution in [0.3, 0.4) is 0 Å². The lowest BCUT2D eigenvalue weighted by molar-refractivity contribution is 0.159. The standard InChI is InChI=1S/C17H16N4O/c1-3-14-13-9-12-10-7-5-6-8-11(10)16(21-22-4-2)15(12)18-17(13)20-19-14/h5-9,13H,3-4H2,1-2H3/b21-16-. The van der Waals surface area contributed by atoms with Gasteiger partial charge in [0, 0.05) is 11.1 Å². The Morgan fingerprint density at radius 3 is 2.73 bits per heavy atom. The van der Waals surface area contributed by atoms with Crippen molar-refractivity contribution in [3.8, 4) is 0 Å². The topological polar surface area (TPSA) is 58.7 Å². The third-order valence-corrected chi connectivity index (χ3v) is 4.08. The first-order chi connectivity index (χ1) is 10.8. The highest BCUT2D eigenvalue weighted by Crippen LogP contribution is 2.36. The van der Waals surface area contributed by atoms with Crippen LogP contribution in [0.1, 0.15) is 31.4 Å². The van der Waals surface area contributed by atoms with Gasteiger partial charge in [-0.25, -0.2) is 4.99 Å². The van der Waals surface area contributed by atoms with Gasteiger partial charge in [0.15, 0.2) is 5.84 Å². The smallest absolute Gasteiger partial charge is 0.164 e. The fraction of sp³-hybridized carbons (Fsp3) is 0.294. The number of nitrogens with zero attached hydrogens (tertiary/aromatic N) is 4. The number of hydrogen-bond donors (Lipinski definition) is 0. The number of benzene rings is 1. The SMILES string of the molecule is CCO/N=C1\C2=NC3=NN=C(CC)C3C=C2c2ccccc21. The normalized spacial score (nSPS) is 23.2. The molecule has 5 nitrogen and oxygen atoms in total. The van der Waals surface area contributed by atoms with Crippen molar-refractivity contribution in [2.75, 3.05) is 6.61 Å². The van der Waals surface area contributed by atoms with Gasteiger partial charge in [-0.2, -0.15) is 5.10 Å². The number of hydrogen-bond acceptors (Lipinski definition) is 5. The van der Waals surface area contributed by atoms with Gasteiger partial charge >= 0.3 is 0 Å². The molecule has 0 N–H and O–H groups in total. The molecule has 0 saturated carbocycles. The average Bonchev–Trinajstić information content (AvgIpc) is 3.09. The first-order valence-electron chi connectivity index (χ1n) is 7.58. The lowest BCUT2D eigenvalue weighted by Crippen LogP contribution is -2.24. The van der Waals surface area contributed by atoms with Gasteiger partial charge in [-0.15, -0.1) is 5.10 Å². The highest BCUT2D eigenvalue weighted by Gasteiger charge is 2.37. The summed E-state index contributed by atoms with van der Waals surface area (Å²) in [7, 11) is 0. The summed E-state index contributed by atoms with van der Waals surface area (Å²) in [6, 6.07) is 8.20. The minimum atomic E-state index is 0.100. The van der Waals surface area contributed by atoms with Crippen LogP contribution in [0.4, 0.5) is 0 Å². The summed E-state index contributed by atoms with van der Waals surface area (Å²) in [5.41, 5.74) is 6.03. The largest absolute Gasteiger partial charge is 0.396 e. The van der Waals surface area contributed by atoms with Gasteiger partial charge in [-0.3, -0.25) is 0 Å². The van der Waals surface area contributed by atoms with Gasteiger partial charge < -0.3 is 4.84 Å². The second-order valence-electron chi connectivity index (χ2n) is 5.32. The molecule has 0 saturated heterocycles. The quantitative estimate of drug-likeness (QED) is 0.790. The van der Waals surface area contributed by atoms with E-state index in [2.05, 4.69) is 40.5 Å². The lowest BCUT2D eigenvalue weighted by atomic mass is 9.92. The summed E-state index contributed by atoms with van der Waals surface area (Å²) in [5, 5.41) is 12.7. The molecule has 22 heavy (non-hydrogen) atoms. The highest BCUT2D eigenvalue weighted by atomic mass is 16.6. The molecular weight excluding hydrogens is 276 g/mol. The van der Waals surface area contributed by atoms with E-state index in [1.54, 1.807) is 0 Å². The molecule has 0 aromatic heterocycles. The Kier molecular flexibility index (Phi) is 2.99. The monoisotopic (exact) mass is 292 g/mol. The van der Waals surface area contributed by atoms with Crippen LogP contribution in [-0.2, 0) is 4.84 Å². The summed E-state index contributed by atoms with van der Waals surface area (Å²) in [6.07, 6.45) is 3.09. The van der Waals surface area contributed by atoms with Crippen LogP contribution in [0.5, 0.6) is 0 Å². The molecule has 2 aliphatic heterocycles. The molecule has 0 radical (unpaired) electrons. The fourth-order valence-electron chi connectivity index (χ4n) is 3.03. The molecule has 1 aromatic carbocycles. The number of oxime groups is 1. The maximum absolute atomic E-state index is 5.29. The number of fused-ring (bicyclic) bond motifs is 4. The van der Waals surface area contributed by atoms with E-state index in [9.17, 15) is 0 Å². The number of amidine groups is 1. The molecular formula is C17H16N4O. The van der Waals surface area contributed by atoms with E-state index < -0.39 is 0 Å². The average molecular weight is 292 g/mol. The Labute approximate surface area is 128 Å². The Hall–Kier alpha value is -2.56. The molecule has 1 atom stereocenters. The summed E-state index contributed by atoms with van der Waals surface area (Å²) in [5.74, 6) is 0.857. The predicted octanol–water partition coefficient (Wildman–Crippen LogP) is 3.07. The minimum absolute atomic E-state index is 0.100. The first kappa shape index (κ1) is 13.1. The second kappa shape index (κ2) is 5.02. The van der Waals surface area contributed by atoms with E-state index in [0.717, 1.165) is 46.1 Å². The first-order valence-corrected chi connectivity index (χ1v) is 7.58. The van der Waals surface area contributed by atoms with Crippen LogP contribution in [-0.4, -0.2) is 29.6 Å². The van der Waals surface area contributed by atoms with Crippen molar-refractivity contribution in [3.05, 3.63) is 41.5 Å². The Balaban J connectivity index is 1.87. The number of allylic oxidation sites excluding steroid dienone is 1. The molecule has 1 aromatic rings. The molecule has 1 unspecified atom stereocenters. The van der Waals surface area contributed by atoms with E-state index in [1.807, 2.05) is 19.1 Å². The van der Waals surface area contributed by atoms with Gasteiger partial charge in [0.05, 0.1) is 11.6 Å². The molecule has 5 heteroatoms. The molecule has 0 fully saturated rings. The third-order valence-electron chi connectivity index (χ3n) is 4.08. The summed E-state index contributed by atoms with van der Waals surface area (Å²) < 4.78 is 0. The maximum atomic E-state index is 5.29. The van der Waals surface area contributed by atoms with E-state index in [-0.39, 0.29) is 5.92 Å². The Bertz CT molecular complexity index is 799. The zero-order chi connectivity index (χ0) is 15.1. The van der Waals surface area contributed by atoms with Crippen LogP contribution in [0.2, 0.25) is 0 Å². The van der Waals surface area contributed by atoms with E-state index in [0.29, 0.717) is 6.61 Å². The van der Waals surface area contributed by atoms with E-state index >= 15 is 0 Å². The van der Waals surface area contributed by atoms with Crippen LogP contribution >= 0.6 is 0 Å². The van der Waals surface area contributed by atoms with Crippen molar-refractivity contribution in [1.29, 1.82) is 0 Å². The van der Waals surface area contributed by atoms with Gasteiger partial charge in [0.25, 0.3) is 0 Å². The second-order valence-corrected chi connectivity index (χ2v) is 5.32. The third kappa shape index (κ3) is 1.78. The van der Waals surface area contributed by atoms with Gasteiger partial charge in [-0.05, 0) is 18.9 Å². The molecule has 0 spiro atoms. The summed E-state index contributed by atoms with van der Waals surface area (Å²) in [4.78, 5) is 10.0. The molecule has 0 bridgehead atoms. The van der Waals surface area contributed by atoms with Crippen molar-refractivity contribution in [3.63, 3.8) is 0 Å². The summed E-state index contributed by atoms with van der Waals surface area (Å²) in [6.45, 7) is 4.55.